The highest BCUT2D eigenvalue weighted by atomic mass is 79.9. The summed E-state index contributed by atoms with van der Waals surface area (Å²) < 4.78 is 0. The van der Waals surface area contributed by atoms with Gasteiger partial charge in [0.2, 0.25) is 0 Å². The zero-order chi connectivity index (χ0) is 20.1. The number of halogens is 2. The summed E-state index contributed by atoms with van der Waals surface area (Å²) >= 11 is 7.92. The van der Waals surface area contributed by atoms with Crippen LogP contribution >= 0.6 is 39.8 Å². The molecule has 0 saturated heterocycles. The molecule has 0 heterocycles. The molecule has 4 aliphatic rings. The van der Waals surface area contributed by atoms with Crippen molar-refractivity contribution in [1.29, 1.82) is 0 Å². The van der Waals surface area contributed by atoms with E-state index in [9.17, 15) is 0 Å². The number of allylic oxidation sites excluding steroid dienone is 2. The third-order valence-corrected chi connectivity index (χ3v) is 14.6. The second kappa shape index (κ2) is 11.8. The molecule has 0 N–H and O–H groups in total. The van der Waals surface area contributed by atoms with Crippen molar-refractivity contribution in [1.82, 2.24) is 0 Å². The van der Waals surface area contributed by atoms with Crippen LogP contribution in [-0.2, 0) is 0 Å². The van der Waals surface area contributed by atoms with Crippen LogP contribution in [0, 0.1) is 11.8 Å². The second-order valence-corrected chi connectivity index (χ2v) is 16.0. The quantitative estimate of drug-likeness (QED) is 0.183. The highest BCUT2D eigenvalue weighted by molar-refractivity contribution is 9.10. The van der Waals surface area contributed by atoms with Gasteiger partial charge in [0.05, 0.1) is 0 Å². The van der Waals surface area contributed by atoms with Crippen LogP contribution in [0.5, 0.6) is 0 Å². The molecular weight excluding hydrogens is 503 g/mol. The summed E-state index contributed by atoms with van der Waals surface area (Å²) in [5.41, 5.74) is 3.29. The Kier molecular flexibility index (Phi) is 9.51. The van der Waals surface area contributed by atoms with Gasteiger partial charge in [-0.2, -0.15) is 0 Å². The Balaban J connectivity index is 1.50. The van der Waals surface area contributed by atoms with Gasteiger partial charge in [0.15, 0.2) is 0 Å². The van der Waals surface area contributed by atoms with Crippen molar-refractivity contribution in [3.63, 3.8) is 0 Å². The monoisotopic (exact) mass is 544 g/mol. The van der Waals surface area contributed by atoms with Crippen LogP contribution in [0.4, 0.5) is 0 Å². The molecule has 166 valence electrons. The van der Waals surface area contributed by atoms with Gasteiger partial charge in [-0.05, 0) is 86.6 Å². The lowest BCUT2D eigenvalue weighted by atomic mass is 9.84. The van der Waals surface area contributed by atoms with Gasteiger partial charge in [0, 0.05) is 9.65 Å². The largest absolute Gasteiger partial charge is 0.0966 e. The molecule has 0 aromatic carbocycles. The summed E-state index contributed by atoms with van der Waals surface area (Å²) in [7, 11) is 0.224. The average molecular weight is 546 g/mol. The molecule has 4 aliphatic carbocycles. The van der Waals surface area contributed by atoms with Crippen LogP contribution in [0.2, 0.25) is 0 Å². The molecule has 0 bridgehead atoms. The van der Waals surface area contributed by atoms with E-state index in [2.05, 4.69) is 44.0 Å². The summed E-state index contributed by atoms with van der Waals surface area (Å²) in [4.78, 5) is 1.43. The van der Waals surface area contributed by atoms with Gasteiger partial charge in [-0.25, -0.2) is 0 Å². The van der Waals surface area contributed by atoms with Crippen molar-refractivity contribution in [2.24, 2.45) is 11.8 Å². The van der Waals surface area contributed by atoms with E-state index < -0.39 is 0 Å². The average Bonchev–Trinajstić information content (AvgIpc) is 2.77. The summed E-state index contributed by atoms with van der Waals surface area (Å²) in [5, 5.41) is 0. The van der Waals surface area contributed by atoms with Gasteiger partial charge < -0.3 is 0 Å². The molecule has 29 heavy (non-hydrogen) atoms. The molecular formula is C26H43Br2P. The predicted octanol–water partition coefficient (Wildman–Crippen LogP) is 9.58. The SMILES string of the molecule is BrC1CCC(Br)C(/C=C/C2CCCCC2P(C2CCCCC2)C2CCCCC2)C1. The molecule has 3 heteroatoms. The lowest BCUT2D eigenvalue weighted by Gasteiger charge is -2.47. The van der Waals surface area contributed by atoms with E-state index in [1.54, 1.807) is 32.1 Å². The van der Waals surface area contributed by atoms with E-state index in [1.165, 1.54) is 77.0 Å². The molecule has 4 fully saturated rings. The van der Waals surface area contributed by atoms with Crippen molar-refractivity contribution in [2.75, 3.05) is 0 Å². The molecule has 0 aromatic rings. The minimum absolute atomic E-state index is 0.224. The summed E-state index contributed by atoms with van der Waals surface area (Å²) in [5.74, 6) is 1.64. The molecule has 0 aromatic heterocycles. The van der Waals surface area contributed by atoms with Crippen LogP contribution in [0.1, 0.15) is 109 Å². The predicted molar refractivity (Wildman–Crippen MR) is 138 cm³/mol. The molecule has 0 spiro atoms. The van der Waals surface area contributed by atoms with Crippen LogP contribution < -0.4 is 0 Å². The first-order valence-electron chi connectivity index (χ1n) is 13.0. The number of hydrogen-bond donors (Lipinski definition) is 0. The van der Waals surface area contributed by atoms with Crippen molar-refractivity contribution >= 4 is 39.8 Å². The maximum absolute atomic E-state index is 4.01. The minimum Gasteiger partial charge on any atom is -0.0966 e. The highest BCUT2D eigenvalue weighted by Crippen LogP contribution is 2.63. The fourth-order valence-corrected chi connectivity index (χ4v) is 13.1. The maximum atomic E-state index is 4.01. The first-order valence-corrected chi connectivity index (χ1v) is 16.3. The number of hydrogen-bond acceptors (Lipinski definition) is 0. The molecule has 0 amide bonds. The van der Waals surface area contributed by atoms with Crippen LogP contribution in [0.25, 0.3) is 0 Å². The number of rotatable bonds is 5. The first-order chi connectivity index (χ1) is 14.2. The van der Waals surface area contributed by atoms with E-state index >= 15 is 0 Å². The fraction of sp³-hybridized carbons (Fsp3) is 0.923. The molecule has 5 atom stereocenters. The zero-order valence-electron chi connectivity index (χ0n) is 18.4. The summed E-state index contributed by atoms with van der Waals surface area (Å²) in [6.45, 7) is 0. The Morgan fingerprint density at radius 2 is 1.10 bits per heavy atom. The van der Waals surface area contributed by atoms with E-state index in [1.807, 2.05) is 0 Å². The van der Waals surface area contributed by atoms with Crippen molar-refractivity contribution < 1.29 is 0 Å². The van der Waals surface area contributed by atoms with Gasteiger partial charge in [0.25, 0.3) is 0 Å². The Bertz CT molecular complexity index is 491. The van der Waals surface area contributed by atoms with E-state index in [-0.39, 0.29) is 7.92 Å². The van der Waals surface area contributed by atoms with Gasteiger partial charge in [-0.15, -0.1) is 0 Å². The summed E-state index contributed by atoms with van der Waals surface area (Å²) in [6.07, 6.45) is 30.9. The van der Waals surface area contributed by atoms with Crippen LogP contribution in [0.3, 0.4) is 0 Å². The summed E-state index contributed by atoms with van der Waals surface area (Å²) in [6, 6.07) is 0. The smallest absolute Gasteiger partial charge is 0.0209 e. The highest BCUT2D eigenvalue weighted by Gasteiger charge is 2.40. The molecule has 5 unspecified atom stereocenters. The van der Waals surface area contributed by atoms with Gasteiger partial charge in [-0.3, -0.25) is 0 Å². The van der Waals surface area contributed by atoms with Crippen LogP contribution in [-0.4, -0.2) is 26.6 Å². The minimum atomic E-state index is 0.224. The molecule has 0 nitrogen and oxygen atoms in total. The van der Waals surface area contributed by atoms with Gasteiger partial charge in [0.1, 0.15) is 0 Å². The third-order valence-electron chi connectivity index (χ3n) is 8.51. The third kappa shape index (κ3) is 6.35. The Hall–Kier alpha value is 1.13. The molecule has 4 rings (SSSR count). The van der Waals surface area contributed by atoms with E-state index in [0.717, 1.165) is 33.6 Å². The Morgan fingerprint density at radius 3 is 1.76 bits per heavy atom. The standard InChI is InChI=1S/C26H43Br2P/c27-22-17-18-25(28)21(19-22)16-15-20-9-7-8-14-26(20)29(23-10-3-1-4-11-23)24-12-5-2-6-13-24/h15-16,20-26H,1-14,17-19H2/b16-15+. The maximum Gasteiger partial charge on any atom is 0.0209 e. The lowest BCUT2D eigenvalue weighted by molar-refractivity contribution is 0.404. The van der Waals surface area contributed by atoms with Crippen molar-refractivity contribution in [3.8, 4) is 0 Å². The Morgan fingerprint density at radius 1 is 0.552 bits per heavy atom. The lowest BCUT2D eigenvalue weighted by Crippen LogP contribution is -2.32. The molecule has 0 aliphatic heterocycles. The second-order valence-electron chi connectivity index (χ2n) is 10.5. The number of alkyl halides is 2. The first kappa shape index (κ1) is 23.3. The normalized spacial score (nSPS) is 38.7. The fourth-order valence-electron chi connectivity index (χ4n) is 6.93. The zero-order valence-corrected chi connectivity index (χ0v) is 22.5. The Labute approximate surface area is 198 Å². The molecule has 4 saturated carbocycles. The van der Waals surface area contributed by atoms with Crippen molar-refractivity contribution in [2.45, 2.75) is 136 Å². The van der Waals surface area contributed by atoms with Gasteiger partial charge >= 0.3 is 0 Å². The van der Waals surface area contributed by atoms with Crippen LogP contribution in [0.15, 0.2) is 12.2 Å². The van der Waals surface area contributed by atoms with E-state index in [4.69, 9.17) is 0 Å². The topological polar surface area (TPSA) is 0 Å². The van der Waals surface area contributed by atoms with E-state index in [0.29, 0.717) is 4.83 Å². The van der Waals surface area contributed by atoms with Crippen molar-refractivity contribution in [3.05, 3.63) is 12.2 Å². The van der Waals surface area contributed by atoms with Gasteiger partial charge in [-0.1, -0.05) is 103 Å². The molecule has 0 radical (unpaired) electrons.